The maximum atomic E-state index is 13.1. The van der Waals surface area contributed by atoms with E-state index in [0.29, 0.717) is 4.47 Å². The molecule has 6 heteroatoms. The molecule has 0 aliphatic heterocycles. The smallest absolute Gasteiger partial charge is 0.291 e. The van der Waals surface area contributed by atoms with Gasteiger partial charge in [-0.2, -0.15) is 8.78 Å². The Bertz CT molecular complexity index is 389. The van der Waals surface area contributed by atoms with E-state index in [1.807, 2.05) is 0 Å². The summed E-state index contributed by atoms with van der Waals surface area (Å²) in [7, 11) is 0. The van der Waals surface area contributed by atoms with Gasteiger partial charge in [-0.3, -0.25) is 4.79 Å². The number of carbonyl (C=O) groups is 1. The fourth-order valence-electron chi connectivity index (χ4n) is 0.952. The molecule has 0 radical (unpaired) electrons. The molecule has 0 aromatic heterocycles. The van der Waals surface area contributed by atoms with Gasteiger partial charge in [0, 0.05) is 10.9 Å². The van der Waals surface area contributed by atoms with Crippen LogP contribution in [0.5, 0.6) is 0 Å². The molecule has 0 atom stereocenters. The molecule has 0 aliphatic rings. The zero-order chi connectivity index (χ0) is 11.6. The van der Waals surface area contributed by atoms with E-state index in [1.165, 1.54) is 12.1 Å². The third kappa shape index (κ3) is 3.50. The summed E-state index contributed by atoms with van der Waals surface area (Å²) >= 11 is 7.55. The summed E-state index contributed by atoms with van der Waals surface area (Å²) in [6.45, 7) is 0. The lowest BCUT2D eigenvalue weighted by molar-refractivity contribution is -0.132. The first-order valence-corrected chi connectivity index (χ1v) is 5.02. The predicted octanol–water partition coefficient (Wildman–Crippen LogP) is 3.53. The minimum atomic E-state index is -3.95. The molecule has 0 spiro atoms. The molecule has 0 fully saturated rings. The monoisotopic (exact) mass is 300 g/mol. The molecule has 1 rings (SSSR count). The summed E-state index contributed by atoms with van der Waals surface area (Å²) in [6, 6.07) is 3.75. The predicted molar refractivity (Wildman–Crippen MR) is 53.6 cm³/mol. The largest absolute Gasteiger partial charge is 0.380 e. The molecule has 0 amide bonds. The lowest BCUT2D eigenvalue weighted by atomic mass is 10.1. The minimum Gasteiger partial charge on any atom is -0.291 e. The van der Waals surface area contributed by atoms with Crippen molar-refractivity contribution in [3.8, 4) is 0 Å². The van der Waals surface area contributed by atoms with Crippen LogP contribution in [0, 0.1) is 5.82 Å². The Balaban J connectivity index is 2.90. The molecule has 0 unspecified atom stereocenters. The van der Waals surface area contributed by atoms with Crippen LogP contribution in [0.4, 0.5) is 13.2 Å². The summed E-state index contributed by atoms with van der Waals surface area (Å²) in [5, 5.41) is -3.95. The van der Waals surface area contributed by atoms with E-state index in [0.717, 1.165) is 6.07 Å². The van der Waals surface area contributed by atoms with E-state index in [4.69, 9.17) is 0 Å². The van der Waals surface area contributed by atoms with Crippen LogP contribution in [0.2, 0.25) is 0 Å². The Morgan fingerprint density at radius 3 is 2.60 bits per heavy atom. The van der Waals surface area contributed by atoms with E-state index in [2.05, 4.69) is 27.5 Å². The highest BCUT2D eigenvalue weighted by Crippen LogP contribution is 2.24. The Kier molecular flexibility index (Phi) is 3.78. The van der Waals surface area contributed by atoms with E-state index < -0.39 is 23.4 Å². The molecule has 15 heavy (non-hydrogen) atoms. The standard InChI is InChI=1S/C9H5BrClF3O/c10-6-1-2-7(12)5(3-6)4-8(15)9(11,13)14/h1-3H,4H2. The molecular weight excluding hydrogens is 296 g/mol. The summed E-state index contributed by atoms with van der Waals surface area (Å²) < 4.78 is 38.2. The van der Waals surface area contributed by atoms with Crippen LogP contribution in [0.1, 0.15) is 5.56 Å². The van der Waals surface area contributed by atoms with Crippen LogP contribution in [0.25, 0.3) is 0 Å². The van der Waals surface area contributed by atoms with Crippen molar-refractivity contribution in [2.75, 3.05) is 0 Å². The first kappa shape index (κ1) is 12.5. The van der Waals surface area contributed by atoms with Gasteiger partial charge in [0.1, 0.15) is 5.82 Å². The van der Waals surface area contributed by atoms with Crippen molar-refractivity contribution in [1.82, 2.24) is 0 Å². The third-order valence-electron chi connectivity index (χ3n) is 1.67. The van der Waals surface area contributed by atoms with Crippen LogP contribution in [0.15, 0.2) is 22.7 Å². The molecule has 1 aromatic rings. The average Bonchev–Trinajstić information content (AvgIpc) is 2.09. The van der Waals surface area contributed by atoms with Crippen molar-refractivity contribution in [1.29, 1.82) is 0 Å². The lowest BCUT2D eigenvalue weighted by Crippen LogP contribution is -2.23. The van der Waals surface area contributed by atoms with Crippen LogP contribution >= 0.6 is 27.5 Å². The zero-order valence-corrected chi connectivity index (χ0v) is 9.58. The summed E-state index contributed by atoms with van der Waals surface area (Å²) in [4.78, 5) is 10.8. The van der Waals surface area contributed by atoms with E-state index in [-0.39, 0.29) is 5.56 Å². The van der Waals surface area contributed by atoms with Crippen molar-refractivity contribution in [3.05, 3.63) is 34.1 Å². The molecule has 1 aromatic carbocycles. The molecule has 0 N–H and O–H groups in total. The lowest BCUT2D eigenvalue weighted by Gasteiger charge is -2.07. The molecule has 0 saturated carbocycles. The van der Waals surface area contributed by atoms with Crippen LogP contribution in [-0.2, 0) is 11.2 Å². The van der Waals surface area contributed by atoms with Crippen LogP contribution in [-0.4, -0.2) is 11.2 Å². The van der Waals surface area contributed by atoms with Gasteiger partial charge in [0.2, 0.25) is 5.78 Å². The maximum Gasteiger partial charge on any atom is 0.380 e. The number of benzene rings is 1. The van der Waals surface area contributed by atoms with Gasteiger partial charge >= 0.3 is 5.38 Å². The maximum absolute atomic E-state index is 13.1. The molecule has 0 aliphatic carbocycles. The van der Waals surface area contributed by atoms with Gasteiger partial charge in [-0.1, -0.05) is 15.9 Å². The number of hydrogen-bond acceptors (Lipinski definition) is 1. The number of carbonyl (C=O) groups excluding carboxylic acids is 1. The fraction of sp³-hybridized carbons (Fsp3) is 0.222. The number of halogens is 5. The molecule has 0 bridgehead atoms. The second-order valence-corrected chi connectivity index (χ2v) is 4.22. The number of hydrogen-bond donors (Lipinski definition) is 0. The molecule has 0 saturated heterocycles. The third-order valence-corrected chi connectivity index (χ3v) is 2.38. The highest BCUT2D eigenvalue weighted by Gasteiger charge is 2.35. The number of ketones is 1. The topological polar surface area (TPSA) is 17.1 Å². The average molecular weight is 301 g/mol. The highest BCUT2D eigenvalue weighted by molar-refractivity contribution is 9.10. The van der Waals surface area contributed by atoms with Gasteiger partial charge < -0.3 is 0 Å². The van der Waals surface area contributed by atoms with Crippen LogP contribution < -0.4 is 0 Å². The molecule has 1 nitrogen and oxygen atoms in total. The molecule has 82 valence electrons. The van der Waals surface area contributed by atoms with Crippen molar-refractivity contribution in [2.24, 2.45) is 0 Å². The minimum absolute atomic E-state index is 0.116. The van der Waals surface area contributed by atoms with Crippen molar-refractivity contribution < 1.29 is 18.0 Å². The van der Waals surface area contributed by atoms with Gasteiger partial charge in [-0.25, -0.2) is 4.39 Å². The Hall–Kier alpha value is -0.550. The van der Waals surface area contributed by atoms with Gasteiger partial charge in [-0.05, 0) is 35.4 Å². The fourth-order valence-corrected chi connectivity index (χ4v) is 1.43. The molecule has 0 heterocycles. The Morgan fingerprint density at radius 1 is 1.47 bits per heavy atom. The second-order valence-electron chi connectivity index (χ2n) is 2.83. The number of alkyl halides is 3. The van der Waals surface area contributed by atoms with E-state index >= 15 is 0 Å². The first-order valence-electron chi connectivity index (χ1n) is 3.84. The SMILES string of the molecule is O=C(Cc1cc(Br)ccc1F)C(F)(F)Cl. The number of rotatable bonds is 3. The van der Waals surface area contributed by atoms with Crippen LogP contribution in [0.3, 0.4) is 0 Å². The highest BCUT2D eigenvalue weighted by atomic mass is 79.9. The van der Waals surface area contributed by atoms with E-state index in [1.54, 1.807) is 0 Å². The normalized spacial score (nSPS) is 11.5. The van der Waals surface area contributed by atoms with Crippen molar-refractivity contribution in [3.63, 3.8) is 0 Å². The van der Waals surface area contributed by atoms with Gasteiger partial charge in [0.25, 0.3) is 0 Å². The number of Topliss-reactive ketones (excluding diaryl/α,β-unsaturated/α-hetero) is 1. The summed E-state index contributed by atoms with van der Waals surface area (Å²) in [5.41, 5.74) is -0.116. The van der Waals surface area contributed by atoms with E-state index in [9.17, 15) is 18.0 Å². The van der Waals surface area contributed by atoms with Gasteiger partial charge in [-0.15, -0.1) is 0 Å². The van der Waals surface area contributed by atoms with Crippen molar-refractivity contribution in [2.45, 2.75) is 11.8 Å². The van der Waals surface area contributed by atoms with Gasteiger partial charge in [0.15, 0.2) is 0 Å². The zero-order valence-electron chi connectivity index (χ0n) is 7.24. The van der Waals surface area contributed by atoms with Gasteiger partial charge in [0.05, 0.1) is 0 Å². The van der Waals surface area contributed by atoms with Crippen molar-refractivity contribution >= 4 is 33.3 Å². The first-order chi connectivity index (χ1) is 6.80. The quantitative estimate of drug-likeness (QED) is 0.781. The second kappa shape index (κ2) is 4.53. The Morgan fingerprint density at radius 2 is 2.07 bits per heavy atom. The Labute approximate surface area is 97.4 Å². The molecular formula is C9H5BrClF3O. The summed E-state index contributed by atoms with van der Waals surface area (Å²) in [6.07, 6.45) is -0.734. The summed E-state index contributed by atoms with van der Waals surface area (Å²) in [5.74, 6) is -2.24.